The predicted molar refractivity (Wildman–Crippen MR) is 130 cm³/mol. The number of benzene rings is 2. The molecule has 182 valence electrons. The molecule has 2 amide bonds. The first-order chi connectivity index (χ1) is 16.9. The first kappa shape index (κ1) is 21.9. The Morgan fingerprint density at radius 3 is 2.71 bits per heavy atom. The average molecular weight is 475 g/mol. The number of hydrogen-bond acceptors (Lipinski definition) is 5. The number of fused-ring (bicyclic) bond motifs is 4. The maximum absolute atomic E-state index is 13.9. The molecule has 8 heteroatoms. The van der Waals surface area contributed by atoms with E-state index in [0.29, 0.717) is 29.8 Å². The lowest BCUT2D eigenvalue weighted by molar-refractivity contribution is -0.134. The van der Waals surface area contributed by atoms with E-state index in [9.17, 15) is 9.59 Å². The summed E-state index contributed by atoms with van der Waals surface area (Å²) in [5.41, 5.74) is 1.42. The summed E-state index contributed by atoms with van der Waals surface area (Å²) in [5.74, 6) is 2.03. The van der Waals surface area contributed by atoms with Crippen LogP contribution < -0.4 is 14.8 Å². The molecule has 6 rings (SSSR count). The molecule has 0 unspecified atom stereocenters. The Morgan fingerprint density at radius 2 is 1.89 bits per heavy atom. The van der Waals surface area contributed by atoms with Crippen LogP contribution in [0.2, 0.25) is 0 Å². The number of carbonyl (C=O) groups excluding carboxylic acids is 2. The molecule has 0 saturated heterocycles. The van der Waals surface area contributed by atoms with Gasteiger partial charge in [0.1, 0.15) is 5.54 Å². The fourth-order valence-corrected chi connectivity index (χ4v) is 5.54. The number of nitrogens with zero attached hydrogens (tertiary/aromatic N) is 3. The monoisotopic (exact) mass is 474 g/mol. The summed E-state index contributed by atoms with van der Waals surface area (Å²) in [6.07, 6.45) is 4.16. The molecule has 0 bridgehead atoms. The van der Waals surface area contributed by atoms with Crippen LogP contribution in [0.25, 0.3) is 11.0 Å². The van der Waals surface area contributed by atoms with Gasteiger partial charge in [0.15, 0.2) is 17.3 Å². The fourth-order valence-electron chi connectivity index (χ4n) is 5.54. The van der Waals surface area contributed by atoms with E-state index < -0.39 is 5.54 Å². The van der Waals surface area contributed by atoms with Crippen LogP contribution >= 0.6 is 0 Å². The number of carbonyl (C=O) groups is 2. The van der Waals surface area contributed by atoms with E-state index in [2.05, 4.69) is 17.2 Å². The molecule has 35 heavy (non-hydrogen) atoms. The molecule has 3 aromatic rings. The van der Waals surface area contributed by atoms with Crippen LogP contribution in [-0.4, -0.2) is 44.6 Å². The minimum atomic E-state index is -1.08. The third kappa shape index (κ3) is 3.72. The number of ether oxygens (including phenoxy) is 2. The van der Waals surface area contributed by atoms with Crippen LogP contribution in [0.4, 0.5) is 0 Å². The zero-order valence-corrected chi connectivity index (χ0v) is 20.1. The Hall–Kier alpha value is -3.55. The van der Waals surface area contributed by atoms with Crippen molar-refractivity contribution in [2.24, 2.45) is 5.92 Å². The van der Waals surface area contributed by atoms with E-state index in [1.54, 1.807) is 4.90 Å². The molecule has 3 heterocycles. The molecule has 1 aliphatic carbocycles. The average Bonchev–Trinajstić information content (AvgIpc) is 3.47. The van der Waals surface area contributed by atoms with Gasteiger partial charge in [-0.05, 0) is 68.4 Å². The van der Waals surface area contributed by atoms with Crippen LogP contribution in [0.1, 0.15) is 55.7 Å². The maximum Gasteiger partial charge on any atom is 0.291 e. The van der Waals surface area contributed by atoms with Crippen LogP contribution in [0, 0.1) is 5.92 Å². The topological polar surface area (TPSA) is 85.7 Å². The minimum Gasteiger partial charge on any atom is -0.454 e. The Kier molecular flexibility index (Phi) is 5.20. The normalized spacial score (nSPS) is 25.5. The van der Waals surface area contributed by atoms with E-state index in [1.807, 2.05) is 54.0 Å². The van der Waals surface area contributed by atoms with Crippen molar-refractivity contribution in [1.29, 1.82) is 0 Å². The van der Waals surface area contributed by atoms with Crippen LogP contribution in [-0.2, 0) is 17.9 Å². The Bertz CT molecular complexity index is 1310. The number of nitrogens with one attached hydrogen (secondary N) is 1. The molecule has 2 aromatic carbocycles. The van der Waals surface area contributed by atoms with Gasteiger partial charge in [-0.15, -0.1) is 0 Å². The van der Waals surface area contributed by atoms with Gasteiger partial charge in [-0.3, -0.25) is 9.59 Å². The second-order valence-corrected chi connectivity index (χ2v) is 10.3. The van der Waals surface area contributed by atoms with Gasteiger partial charge in [0.25, 0.3) is 5.91 Å². The Morgan fingerprint density at radius 1 is 1.11 bits per heavy atom. The summed E-state index contributed by atoms with van der Waals surface area (Å²) in [6, 6.07) is 13.5. The van der Waals surface area contributed by atoms with Crippen LogP contribution in [0.15, 0.2) is 42.5 Å². The molecule has 8 nitrogen and oxygen atoms in total. The molecule has 2 aliphatic heterocycles. The van der Waals surface area contributed by atoms with Gasteiger partial charge >= 0.3 is 0 Å². The number of aromatic nitrogens is 2. The molecule has 1 N–H and O–H groups in total. The van der Waals surface area contributed by atoms with Gasteiger partial charge in [-0.25, -0.2) is 4.98 Å². The lowest BCUT2D eigenvalue weighted by Gasteiger charge is -2.44. The summed E-state index contributed by atoms with van der Waals surface area (Å²) in [6.45, 7) is 4.93. The lowest BCUT2D eigenvalue weighted by atomic mass is 9.86. The van der Waals surface area contributed by atoms with E-state index >= 15 is 0 Å². The van der Waals surface area contributed by atoms with E-state index in [4.69, 9.17) is 9.47 Å². The molecule has 0 radical (unpaired) electrons. The molecule has 1 saturated carbocycles. The minimum absolute atomic E-state index is 0.116. The number of hydrogen-bond donors (Lipinski definition) is 1. The molecule has 1 atom stereocenters. The van der Waals surface area contributed by atoms with Gasteiger partial charge in [0.05, 0.1) is 17.6 Å². The summed E-state index contributed by atoms with van der Waals surface area (Å²) in [4.78, 5) is 34.1. The van der Waals surface area contributed by atoms with Gasteiger partial charge < -0.3 is 24.3 Å². The van der Waals surface area contributed by atoms with Crippen molar-refractivity contribution >= 4 is 22.8 Å². The standard InChI is InChI=1S/C27H30N4O4/c1-17-7-10-19(11-8-17)28-26(33)27(2)15-30-21-6-4-3-5-20(21)29-24(30)25(32)31(27)14-18-9-12-22-23(13-18)35-16-34-22/h3-6,9,12-13,17,19H,7-8,10-11,14-16H2,1-2H3,(H,28,33)/t17?,19?,27-/m1/s1. The van der Waals surface area contributed by atoms with Crippen LogP contribution in [0.3, 0.4) is 0 Å². The maximum atomic E-state index is 13.9. The summed E-state index contributed by atoms with van der Waals surface area (Å²) in [7, 11) is 0. The van der Waals surface area contributed by atoms with Crippen molar-refractivity contribution in [3.8, 4) is 11.5 Å². The molecule has 3 aliphatic rings. The quantitative estimate of drug-likeness (QED) is 0.620. The molecule has 0 spiro atoms. The van der Waals surface area contributed by atoms with Crippen molar-refractivity contribution in [3.05, 3.63) is 53.9 Å². The molecular weight excluding hydrogens is 444 g/mol. The highest BCUT2D eigenvalue weighted by atomic mass is 16.7. The Balaban J connectivity index is 1.37. The second-order valence-electron chi connectivity index (χ2n) is 10.3. The summed E-state index contributed by atoms with van der Waals surface area (Å²) in [5, 5.41) is 3.29. The highest BCUT2D eigenvalue weighted by Crippen LogP contribution is 2.36. The number of rotatable bonds is 4. The van der Waals surface area contributed by atoms with Gasteiger partial charge in [-0.2, -0.15) is 0 Å². The zero-order valence-electron chi connectivity index (χ0n) is 20.1. The SMILES string of the molecule is CC1CCC(NC(=O)[C@@]2(C)Cn3c(nc4ccccc43)C(=O)N2Cc2ccc3c(c2)OCO3)CC1. The largest absolute Gasteiger partial charge is 0.454 e. The summed E-state index contributed by atoms with van der Waals surface area (Å²) >= 11 is 0. The fraction of sp³-hybridized carbons (Fsp3) is 0.444. The first-order valence-corrected chi connectivity index (χ1v) is 12.4. The van der Waals surface area contributed by atoms with Crippen LogP contribution in [0.5, 0.6) is 11.5 Å². The number of imidazole rings is 1. The first-order valence-electron chi connectivity index (χ1n) is 12.4. The van der Waals surface area contributed by atoms with E-state index in [0.717, 1.165) is 42.3 Å². The van der Waals surface area contributed by atoms with Gasteiger partial charge in [-0.1, -0.05) is 25.1 Å². The van der Waals surface area contributed by atoms with Crippen molar-refractivity contribution in [2.45, 2.75) is 64.2 Å². The lowest BCUT2D eigenvalue weighted by Crippen LogP contribution is -2.64. The zero-order chi connectivity index (χ0) is 24.2. The number of para-hydroxylation sites is 2. The summed E-state index contributed by atoms with van der Waals surface area (Å²) < 4.78 is 12.9. The molecule has 1 fully saturated rings. The smallest absolute Gasteiger partial charge is 0.291 e. The molecule has 1 aromatic heterocycles. The third-order valence-corrected chi connectivity index (χ3v) is 7.77. The van der Waals surface area contributed by atoms with Crippen molar-refractivity contribution in [2.75, 3.05) is 6.79 Å². The Labute approximate surface area is 204 Å². The predicted octanol–water partition coefficient (Wildman–Crippen LogP) is 3.87. The van der Waals surface area contributed by atoms with Gasteiger partial charge in [0, 0.05) is 12.6 Å². The van der Waals surface area contributed by atoms with Crippen molar-refractivity contribution in [3.63, 3.8) is 0 Å². The van der Waals surface area contributed by atoms with E-state index in [1.165, 1.54) is 0 Å². The highest BCUT2D eigenvalue weighted by molar-refractivity contribution is 6.01. The van der Waals surface area contributed by atoms with Crippen molar-refractivity contribution < 1.29 is 19.1 Å². The van der Waals surface area contributed by atoms with Crippen molar-refractivity contribution in [1.82, 2.24) is 19.8 Å². The third-order valence-electron chi connectivity index (χ3n) is 7.77. The second kappa shape index (κ2) is 8.29. The van der Waals surface area contributed by atoms with E-state index in [-0.39, 0.29) is 31.2 Å². The number of amides is 2. The van der Waals surface area contributed by atoms with Gasteiger partial charge in [0.2, 0.25) is 12.7 Å². The highest BCUT2D eigenvalue weighted by Gasteiger charge is 2.49. The molecular formula is C27H30N4O4.